The zero-order valence-corrected chi connectivity index (χ0v) is 10.6. The van der Waals surface area contributed by atoms with Crippen LogP contribution in [0.3, 0.4) is 0 Å². The van der Waals surface area contributed by atoms with Crippen LogP contribution in [0.2, 0.25) is 0 Å². The number of aromatic nitrogens is 2. The highest BCUT2D eigenvalue weighted by Crippen LogP contribution is 2.19. The molecule has 0 amide bonds. The predicted molar refractivity (Wildman–Crippen MR) is 69.9 cm³/mol. The van der Waals surface area contributed by atoms with E-state index in [1.54, 1.807) is 10.6 Å². The Morgan fingerprint density at radius 3 is 2.57 bits per heavy atom. The van der Waals surface area contributed by atoms with E-state index in [9.17, 15) is 13.2 Å². The third-order valence-corrected chi connectivity index (χ3v) is 3.17. The molecular formula is C15H8F3N3. The summed E-state index contributed by atoms with van der Waals surface area (Å²) < 4.78 is 41.3. The molecule has 0 atom stereocenters. The van der Waals surface area contributed by atoms with Crippen LogP contribution in [0.4, 0.5) is 13.2 Å². The fourth-order valence-corrected chi connectivity index (χ4v) is 2.13. The van der Waals surface area contributed by atoms with Crippen molar-refractivity contribution in [1.82, 2.24) is 9.55 Å². The molecule has 3 rings (SSSR count). The molecule has 0 spiro atoms. The van der Waals surface area contributed by atoms with E-state index < -0.39 is 17.5 Å². The molecule has 104 valence electrons. The highest BCUT2D eigenvalue weighted by atomic mass is 19.2. The summed E-state index contributed by atoms with van der Waals surface area (Å²) in [5.41, 5.74) is 1.36. The molecule has 0 fully saturated rings. The van der Waals surface area contributed by atoms with E-state index in [-0.39, 0.29) is 12.1 Å². The van der Waals surface area contributed by atoms with Crippen LogP contribution in [0.5, 0.6) is 0 Å². The minimum absolute atomic E-state index is 0.0610. The molecule has 0 aliphatic rings. The van der Waals surface area contributed by atoms with Gasteiger partial charge in [-0.15, -0.1) is 0 Å². The maximum Gasteiger partial charge on any atom is 0.161 e. The first-order valence-electron chi connectivity index (χ1n) is 6.07. The van der Waals surface area contributed by atoms with E-state index in [1.807, 2.05) is 0 Å². The average molecular weight is 287 g/mol. The average Bonchev–Trinajstić information content (AvgIpc) is 2.84. The summed E-state index contributed by atoms with van der Waals surface area (Å²) in [5, 5.41) is 8.81. The fraction of sp³-hybridized carbons (Fsp3) is 0.0667. The number of nitriles is 1. The number of hydrogen-bond donors (Lipinski definition) is 0. The van der Waals surface area contributed by atoms with Gasteiger partial charge < -0.3 is 4.57 Å². The van der Waals surface area contributed by atoms with Gasteiger partial charge in [-0.3, -0.25) is 0 Å². The van der Waals surface area contributed by atoms with Gasteiger partial charge >= 0.3 is 0 Å². The molecular weight excluding hydrogens is 279 g/mol. The summed E-state index contributed by atoms with van der Waals surface area (Å²) in [7, 11) is 0. The van der Waals surface area contributed by atoms with Crippen LogP contribution in [0.25, 0.3) is 11.0 Å². The number of nitrogens with zero attached hydrogens (tertiary/aromatic N) is 3. The minimum Gasteiger partial charge on any atom is -0.326 e. The van der Waals surface area contributed by atoms with Gasteiger partial charge in [-0.05, 0) is 17.7 Å². The van der Waals surface area contributed by atoms with Crippen molar-refractivity contribution >= 4 is 11.0 Å². The number of halogens is 3. The second kappa shape index (κ2) is 4.94. The van der Waals surface area contributed by atoms with Gasteiger partial charge in [0.1, 0.15) is 11.9 Å². The molecule has 3 aromatic rings. The van der Waals surface area contributed by atoms with E-state index in [0.717, 1.165) is 12.1 Å². The Morgan fingerprint density at radius 1 is 1.05 bits per heavy atom. The van der Waals surface area contributed by atoms with Gasteiger partial charge in [0, 0.05) is 18.7 Å². The molecule has 21 heavy (non-hydrogen) atoms. The first-order valence-corrected chi connectivity index (χ1v) is 6.07. The zero-order valence-electron chi connectivity index (χ0n) is 10.6. The van der Waals surface area contributed by atoms with Crippen molar-refractivity contribution in [2.24, 2.45) is 0 Å². The van der Waals surface area contributed by atoms with Gasteiger partial charge in [0.25, 0.3) is 0 Å². The molecule has 1 heterocycles. The number of hydrogen-bond acceptors (Lipinski definition) is 2. The standard InChI is InChI=1S/C15H8F3N3/c16-11-2-1-9(3-10(11)6-19)7-21-8-20-14-4-12(17)13(18)5-15(14)21/h1-5,8H,7H2. The Labute approximate surface area is 117 Å². The molecule has 3 nitrogen and oxygen atoms in total. The van der Waals surface area contributed by atoms with Crippen molar-refractivity contribution in [2.45, 2.75) is 6.54 Å². The quantitative estimate of drug-likeness (QED) is 0.725. The van der Waals surface area contributed by atoms with Gasteiger partial charge in [-0.2, -0.15) is 5.26 Å². The predicted octanol–water partition coefficient (Wildman–Crippen LogP) is 3.37. The SMILES string of the molecule is N#Cc1cc(Cn2cnc3cc(F)c(F)cc32)ccc1F. The summed E-state index contributed by atoms with van der Waals surface area (Å²) in [6.07, 6.45) is 1.44. The molecule has 0 aliphatic heterocycles. The van der Waals surface area contributed by atoms with E-state index in [1.165, 1.54) is 24.5 Å². The summed E-state index contributed by atoms with van der Waals surface area (Å²) >= 11 is 0. The third kappa shape index (κ3) is 2.34. The van der Waals surface area contributed by atoms with E-state index in [0.29, 0.717) is 16.6 Å². The Morgan fingerprint density at radius 2 is 1.81 bits per heavy atom. The van der Waals surface area contributed by atoms with Crippen molar-refractivity contribution in [3.05, 3.63) is 65.2 Å². The molecule has 1 aromatic heterocycles. The largest absolute Gasteiger partial charge is 0.326 e. The summed E-state index contributed by atoms with van der Waals surface area (Å²) in [6, 6.07) is 7.99. The molecule has 6 heteroatoms. The Hall–Kier alpha value is -2.81. The van der Waals surface area contributed by atoms with Crippen LogP contribution in [0, 0.1) is 28.8 Å². The first kappa shape index (κ1) is 13.2. The lowest BCUT2D eigenvalue weighted by atomic mass is 10.1. The van der Waals surface area contributed by atoms with Gasteiger partial charge in [0.15, 0.2) is 11.6 Å². The molecule has 0 saturated carbocycles. The number of rotatable bonds is 2. The summed E-state index contributed by atoms with van der Waals surface area (Å²) in [6.45, 7) is 0.274. The Bertz CT molecular complexity index is 878. The number of benzene rings is 2. The van der Waals surface area contributed by atoms with Crippen LogP contribution in [0.1, 0.15) is 11.1 Å². The lowest BCUT2D eigenvalue weighted by molar-refractivity contribution is 0.510. The first-order chi connectivity index (χ1) is 10.1. The van der Waals surface area contributed by atoms with Gasteiger partial charge in [-0.25, -0.2) is 18.2 Å². The number of imidazole rings is 1. The summed E-state index contributed by atoms with van der Waals surface area (Å²) in [4.78, 5) is 3.99. The Balaban J connectivity index is 2.02. The van der Waals surface area contributed by atoms with Crippen molar-refractivity contribution in [2.75, 3.05) is 0 Å². The number of fused-ring (bicyclic) bond motifs is 1. The van der Waals surface area contributed by atoms with Crippen LogP contribution < -0.4 is 0 Å². The van der Waals surface area contributed by atoms with E-state index in [4.69, 9.17) is 5.26 Å². The van der Waals surface area contributed by atoms with Crippen LogP contribution in [0.15, 0.2) is 36.7 Å². The normalized spacial score (nSPS) is 10.8. The molecule has 2 aromatic carbocycles. The fourth-order valence-electron chi connectivity index (χ4n) is 2.13. The van der Waals surface area contributed by atoms with E-state index >= 15 is 0 Å². The minimum atomic E-state index is -0.957. The van der Waals surface area contributed by atoms with Gasteiger partial charge in [0.2, 0.25) is 0 Å². The van der Waals surface area contributed by atoms with Gasteiger partial charge in [0.05, 0.1) is 22.9 Å². The lowest BCUT2D eigenvalue weighted by Crippen LogP contribution is -2.00. The highest BCUT2D eigenvalue weighted by molar-refractivity contribution is 5.75. The van der Waals surface area contributed by atoms with Crippen molar-refractivity contribution < 1.29 is 13.2 Å². The molecule has 0 saturated heterocycles. The van der Waals surface area contributed by atoms with Crippen LogP contribution in [-0.4, -0.2) is 9.55 Å². The Kier molecular flexibility index (Phi) is 3.10. The smallest absolute Gasteiger partial charge is 0.161 e. The lowest BCUT2D eigenvalue weighted by Gasteiger charge is -2.06. The zero-order chi connectivity index (χ0) is 15.0. The monoisotopic (exact) mass is 287 g/mol. The molecule has 0 unspecified atom stereocenters. The molecule has 0 N–H and O–H groups in total. The maximum atomic E-state index is 13.3. The summed E-state index contributed by atoms with van der Waals surface area (Å²) in [5.74, 6) is -2.51. The maximum absolute atomic E-state index is 13.3. The molecule has 0 bridgehead atoms. The molecule has 0 aliphatic carbocycles. The van der Waals surface area contributed by atoms with Gasteiger partial charge in [-0.1, -0.05) is 6.07 Å². The van der Waals surface area contributed by atoms with Crippen molar-refractivity contribution in [1.29, 1.82) is 5.26 Å². The second-order valence-electron chi connectivity index (χ2n) is 4.55. The topological polar surface area (TPSA) is 41.6 Å². The highest BCUT2D eigenvalue weighted by Gasteiger charge is 2.10. The van der Waals surface area contributed by atoms with E-state index in [2.05, 4.69) is 4.98 Å². The van der Waals surface area contributed by atoms with Crippen LogP contribution >= 0.6 is 0 Å². The van der Waals surface area contributed by atoms with Crippen molar-refractivity contribution in [3.63, 3.8) is 0 Å². The third-order valence-electron chi connectivity index (χ3n) is 3.17. The van der Waals surface area contributed by atoms with Crippen molar-refractivity contribution in [3.8, 4) is 6.07 Å². The van der Waals surface area contributed by atoms with Crippen LogP contribution in [-0.2, 0) is 6.54 Å². The molecule has 0 radical (unpaired) electrons. The second-order valence-corrected chi connectivity index (χ2v) is 4.55.